The normalized spacial score (nSPS) is 20.8. The standard InChI is InChI=1S/C16H21N3O2/c1-16(17,10-20-2)15-18-14(21-19-15)13-8-7-11-5-3-4-6-12(11)9-13/h3-6,13H,7-10,17H2,1-2H3. The van der Waals surface area contributed by atoms with E-state index in [1.807, 2.05) is 6.92 Å². The van der Waals surface area contributed by atoms with Crippen molar-refractivity contribution in [2.45, 2.75) is 37.6 Å². The van der Waals surface area contributed by atoms with Crippen molar-refractivity contribution in [1.82, 2.24) is 10.1 Å². The Bertz CT molecular complexity index is 621. The van der Waals surface area contributed by atoms with Crippen LogP contribution < -0.4 is 5.73 Å². The molecule has 1 aliphatic rings. The van der Waals surface area contributed by atoms with E-state index in [2.05, 4.69) is 34.4 Å². The van der Waals surface area contributed by atoms with Crippen molar-refractivity contribution >= 4 is 0 Å². The molecule has 1 heterocycles. The zero-order valence-corrected chi connectivity index (χ0v) is 12.5. The summed E-state index contributed by atoms with van der Waals surface area (Å²) >= 11 is 0. The second kappa shape index (κ2) is 5.58. The number of aryl methyl sites for hydroxylation is 1. The van der Waals surface area contributed by atoms with Crippen LogP contribution in [-0.2, 0) is 23.1 Å². The molecule has 2 atom stereocenters. The molecule has 2 N–H and O–H groups in total. The van der Waals surface area contributed by atoms with Gasteiger partial charge in [-0.2, -0.15) is 4.98 Å². The van der Waals surface area contributed by atoms with E-state index in [-0.39, 0.29) is 5.92 Å². The fourth-order valence-corrected chi connectivity index (χ4v) is 2.91. The lowest BCUT2D eigenvalue weighted by atomic mass is 9.84. The van der Waals surface area contributed by atoms with Gasteiger partial charge in [0.15, 0.2) is 5.82 Å². The highest BCUT2D eigenvalue weighted by Gasteiger charge is 2.30. The van der Waals surface area contributed by atoms with Crippen molar-refractivity contribution in [1.29, 1.82) is 0 Å². The maximum absolute atomic E-state index is 6.16. The average molecular weight is 287 g/mol. The maximum atomic E-state index is 6.16. The number of nitrogens with zero attached hydrogens (tertiary/aromatic N) is 2. The highest BCUT2D eigenvalue weighted by atomic mass is 16.5. The van der Waals surface area contributed by atoms with E-state index >= 15 is 0 Å². The Balaban J connectivity index is 1.79. The van der Waals surface area contributed by atoms with E-state index in [0.717, 1.165) is 19.3 Å². The molecule has 0 aliphatic heterocycles. The monoisotopic (exact) mass is 287 g/mol. The van der Waals surface area contributed by atoms with Crippen molar-refractivity contribution in [3.63, 3.8) is 0 Å². The SMILES string of the molecule is COCC(C)(N)c1noc(C2CCc3ccccc3C2)n1. The summed E-state index contributed by atoms with van der Waals surface area (Å²) in [5.74, 6) is 1.48. The summed E-state index contributed by atoms with van der Waals surface area (Å²) in [7, 11) is 1.62. The van der Waals surface area contributed by atoms with Crippen LogP contribution >= 0.6 is 0 Å². The summed E-state index contributed by atoms with van der Waals surface area (Å²) in [5.41, 5.74) is 8.24. The third-order valence-corrected chi connectivity index (χ3v) is 4.09. The van der Waals surface area contributed by atoms with E-state index in [1.165, 1.54) is 11.1 Å². The van der Waals surface area contributed by atoms with Gasteiger partial charge in [-0.05, 0) is 37.3 Å². The van der Waals surface area contributed by atoms with E-state index in [4.69, 9.17) is 15.0 Å². The molecule has 1 aliphatic carbocycles. The number of hydrogen-bond donors (Lipinski definition) is 1. The van der Waals surface area contributed by atoms with Crippen molar-refractivity contribution in [3.05, 3.63) is 47.1 Å². The molecule has 0 spiro atoms. The number of aromatic nitrogens is 2. The summed E-state index contributed by atoms with van der Waals surface area (Å²) < 4.78 is 10.6. The van der Waals surface area contributed by atoms with Crippen LogP contribution in [0.4, 0.5) is 0 Å². The van der Waals surface area contributed by atoms with Crippen LogP contribution in [0.25, 0.3) is 0 Å². The molecule has 0 fully saturated rings. The van der Waals surface area contributed by atoms with Crippen LogP contribution in [0.15, 0.2) is 28.8 Å². The first-order chi connectivity index (χ1) is 10.1. The molecule has 112 valence electrons. The lowest BCUT2D eigenvalue weighted by Crippen LogP contribution is -2.39. The molecule has 0 amide bonds. The van der Waals surface area contributed by atoms with Crippen molar-refractivity contribution in [3.8, 4) is 0 Å². The molecule has 21 heavy (non-hydrogen) atoms. The first-order valence-electron chi connectivity index (χ1n) is 7.29. The number of ether oxygens (including phenoxy) is 1. The Labute approximate surface area is 124 Å². The molecule has 2 aromatic rings. The fourth-order valence-electron chi connectivity index (χ4n) is 2.91. The van der Waals surface area contributed by atoms with Gasteiger partial charge in [-0.3, -0.25) is 0 Å². The topological polar surface area (TPSA) is 74.2 Å². The number of methoxy groups -OCH3 is 1. The van der Waals surface area contributed by atoms with Crippen LogP contribution in [0.3, 0.4) is 0 Å². The van der Waals surface area contributed by atoms with Gasteiger partial charge in [0.2, 0.25) is 5.89 Å². The molecule has 0 radical (unpaired) electrons. The summed E-state index contributed by atoms with van der Waals surface area (Å²) in [6.07, 6.45) is 3.03. The molecule has 2 unspecified atom stereocenters. The summed E-state index contributed by atoms with van der Waals surface area (Å²) in [4.78, 5) is 4.51. The molecule has 1 aromatic carbocycles. The van der Waals surface area contributed by atoms with Crippen LogP contribution in [-0.4, -0.2) is 23.9 Å². The smallest absolute Gasteiger partial charge is 0.230 e. The predicted octanol–water partition coefficient (Wildman–Crippen LogP) is 2.16. The average Bonchev–Trinajstić information content (AvgIpc) is 2.97. The third kappa shape index (κ3) is 2.84. The molecular weight excluding hydrogens is 266 g/mol. The molecule has 5 nitrogen and oxygen atoms in total. The highest BCUT2D eigenvalue weighted by Crippen LogP contribution is 2.32. The van der Waals surface area contributed by atoms with Crippen molar-refractivity contribution in [2.24, 2.45) is 5.73 Å². The van der Waals surface area contributed by atoms with Crippen LogP contribution in [0.2, 0.25) is 0 Å². The third-order valence-electron chi connectivity index (χ3n) is 4.09. The number of fused-ring (bicyclic) bond motifs is 1. The Morgan fingerprint density at radius 1 is 1.38 bits per heavy atom. The maximum Gasteiger partial charge on any atom is 0.230 e. The largest absolute Gasteiger partial charge is 0.382 e. The number of rotatable bonds is 4. The number of benzene rings is 1. The molecule has 5 heteroatoms. The van der Waals surface area contributed by atoms with Gasteiger partial charge in [0, 0.05) is 13.0 Å². The van der Waals surface area contributed by atoms with Gasteiger partial charge in [-0.25, -0.2) is 0 Å². The van der Waals surface area contributed by atoms with Gasteiger partial charge in [0.1, 0.15) is 5.54 Å². The molecule has 0 bridgehead atoms. The fraction of sp³-hybridized carbons (Fsp3) is 0.500. The lowest BCUT2D eigenvalue weighted by Gasteiger charge is -2.22. The van der Waals surface area contributed by atoms with Crippen LogP contribution in [0, 0.1) is 0 Å². The zero-order chi connectivity index (χ0) is 14.9. The van der Waals surface area contributed by atoms with Crippen LogP contribution in [0.1, 0.15) is 42.1 Å². The second-order valence-electron chi connectivity index (χ2n) is 6.02. The summed E-state index contributed by atoms with van der Waals surface area (Å²) in [6, 6.07) is 8.54. The van der Waals surface area contributed by atoms with Gasteiger partial charge in [-0.1, -0.05) is 29.4 Å². The first-order valence-corrected chi connectivity index (χ1v) is 7.29. The quantitative estimate of drug-likeness (QED) is 0.932. The van der Waals surface area contributed by atoms with E-state index in [0.29, 0.717) is 18.3 Å². The molecule has 1 aromatic heterocycles. The summed E-state index contributed by atoms with van der Waals surface area (Å²) in [6.45, 7) is 2.21. The second-order valence-corrected chi connectivity index (χ2v) is 6.02. The number of nitrogens with two attached hydrogens (primary N) is 1. The first kappa shape index (κ1) is 14.2. The minimum atomic E-state index is -0.719. The molecule has 0 saturated heterocycles. The van der Waals surface area contributed by atoms with Crippen LogP contribution in [0.5, 0.6) is 0 Å². The van der Waals surface area contributed by atoms with Gasteiger partial charge >= 0.3 is 0 Å². The van der Waals surface area contributed by atoms with Gasteiger partial charge < -0.3 is 15.0 Å². The number of hydrogen-bond acceptors (Lipinski definition) is 5. The Morgan fingerprint density at radius 2 is 2.14 bits per heavy atom. The van der Waals surface area contributed by atoms with Gasteiger partial charge in [0.25, 0.3) is 0 Å². The van der Waals surface area contributed by atoms with E-state index < -0.39 is 5.54 Å². The van der Waals surface area contributed by atoms with E-state index in [1.54, 1.807) is 7.11 Å². The minimum Gasteiger partial charge on any atom is -0.382 e. The Morgan fingerprint density at radius 3 is 2.90 bits per heavy atom. The molecule has 3 rings (SSSR count). The minimum absolute atomic E-state index is 0.277. The molecule has 0 saturated carbocycles. The van der Waals surface area contributed by atoms with Crippen molar-refractivity contribution < 1.29 is 9.26 Å². The van der Waals surface area contributed by atoms with Crippen molar-refractivity contribution in [2.75, 3.05) is 13.7 Å². The Hall–Kier alpha value is -1.72. The zero-order valence-electron chi connectivity index (χ0n) is 12.5. The lowest BCUT2D eigenvalue weighted by molar-refractivity contribution is 0.135. The van der Waals surface area contributed by atoms with E-state index in [9.17, 15) is 0 Å². The molecular formula is C16H21N3O2. The highest BCUT2D eigenvalue weighted by molar-refractivity contribution is 5.31. The predicted molar refractivity (Wildman–Crippen MR) is 78.9 cm³/mol. The van der Waals surface area contributed by atoms with Gasteiger partial charge in [-0.15, -0.1) is 0 Å². The Kier molecular flexibility index (Phi) is 3.78. The summed E-state index contributed by atoms with van der Waals surface area (Å²) in [5, 5.41) is 4.05. The van der Waals surface area contributed by atoms with Gasteiger partial charge in [0.05, 0.1) is 6.61 Å².